The molecule has 0 spiro atoms. The molecule has 5 heteroatoms. The topological polar surface area (TPSA) is 66.9 Å². The molecule has 0 aliphatic rings. The van der Waals surface area contributed by atoms with Gasteiger partial charge in [0.1, 0.15) is 5.82 Å². The van der Waals surface area contributed by atoms with E-state index < -0.39 is 16.6 Å². The van der Waals surface area contributed by atoms with Gasteiger partial charge in [-0.3, -0.25) is 4.21 Å². The quantitative estimate of drug-likeness (QED) is 0.869. The highest BCUT2D eigenvalue weighted by Gasteiger charge is 2.12. The van der Waals surface area contributed by atoms with Gasteiger partial charge in [-0.05, 0) is 36.7 Å². The average Bonchev–Trinajstić information content (AvgIpc) is 2.28. The Kier molecular flexibility index (Phi) is 5.26. The Morgan fingerprint density at radius 1 is 1.53 bits per heavy atom. The van der Waals surface area contributed by atoms with Crippen LogP contribution in [0.4, 0.5) is 4.39 Å². The predicted molar refractivity (Wildman–Crippen MR) is 66.1 cm³/mol. The maximum absolute atomic E-state index is 13.1. The van der Waals surface area contributed by atoms with Gasteiger partial charge in [0.05, 0.1) is 11.6 Å². The zero-order valence-corrected chi connectivity index (χ0v) is 10.5. The third kappa shape index (κ3) is 4.25. The first-order valence-electron chi connectivity index (χ1n) is 5.33. The van der Waals surface area contributed by atoms with Crippen LogP contribution < -0.4 is 5.73 Å². The lowest BCUT2D eigenvalue weighted by atomic mass is 10.1. The molecule has 0 aliphatic heterocycles. The molecule has 0 heterocycles. The molecule has 0 aromatic heterocycles. The maximum Gasteiger partial charge on any atom is 0.124 e. The van der Waals surface area contributed by atoms with E-state index in [1.165, 1.54) is 6.07 Å². The van der Waals surface area contributed by atoms with Gasteiger partial charge in [-0.2, -0.15) is 5.26 Å². The second-order valence-corrected chi connectivity index (χ2v) is 5.73. The molecule has 0 radical (unpaired) electrons. The van der Waals surface area contributed by atoms with E-state index in [2.05, 4.69) is 0 Å². The molecular formula is C12H15FN2OS. The molecule has 1 rings (SSSR count). The van der Waals surface area contributed by atoms with Gasteiger partial charge >= 0.3 is 0 Å². The third-order valence-electron chi connectivity index (χ3n) is 2.42. The Bertz CT molecular complexity index is 456. The highest BCUT2D eigenvalue weighted by molar-refractivity contribution is 7.84. The van der Waals surface area contributed by atoms with E-state index >= 15 is 0 Å². The molecule has 0 aliphatic carbocycles. The summed E-state index contributed by atoms with van der Waals surface area (Å²) in [7, 11) is -1.09. The van der Waals surface area contributed by atoms with Gasteiger partial charge in [0.25, 0.3) is 0 Å². The van der Waals surface area contributed by atoms with Crippen molar-refractivity contribution >= 4 is 10.8 Å². The maximum atomic E-state index is 13.1. The Balaban J connectivity index is 2.78. The molecule has 0 fully saturated rings. The van der Waals surface area contributed by atoms with Crippen LogP contribution in [0, 0.1) is 17.1 Å². The lowest BCUT2D eigenvalue weighted by Gasteiger charge is -2.10. The molecule has 1 aromatic rings. The van der Waals surface area contributed by atoms with Gasteiger partial charge in [-0.15, -0.1) is 0 Å². The summed E-state index contributed by atoms with van der Waals surface area (Å²) < 4.78 is 25.0. The van der Waals surface area contributed by atoms with Crippen LogP contribution in [-0.4, -0.2) is 16.0 Å². The monoisotopic (exact) mass is 254 g/mol. The molecule has 0 bridgehead atoms. The van der Waals surface area contributed by atoms with Crippen LogP contribution in [0.2, 0.25) is 0 Å². The van der Waals surface area contributed by atoms with Crippen LogP contribution in [0.5, 0.6) is 0 Å². The van der Waals surface area contributed by atoms with Crippen LogP contribution in [-0.2, 0) is 16.6 Å². The first kappa shape index (κ1) is 13.8. The third-order valence-corrected chi connectivity index (χ3v) is 4.17. The summed E-state index contributed by atoms with van der Waals surface area (Å²) in [6.07, 6.45) is 0.674. The van der Waals surface area contributed by atoms with Crippen LogP contribution >= 0.6 is 0 Å². The van der Waals surface area contributed by atoms with Crippen LogP contribution in [0.15, 0.2) is 18.2 Å². The normalized spacial score (nSPS) is 14.0. The van der Waals surface area contributed by atoms with Gasteiger partial charge in [0, 0.05) is 21.8 Å². The molecular weight excluding hydrogens is 239 g/mol. The summed E-state index contributed by atoms with van der Waals surface area (Å²) in [5.41, 5.74) is 6.23. The zero-order valence-electron chi connectivity index (χ0n) is 9.65. The summed E-state index contributed by atoms with van der Waals surface area (Å²) in [6, 6.07) is 5.92. The van der Waals surface area contributed by atoms with E-state index in [9.17, 15) is 8.60 Å². The van der Waals surface area contributed by atoms with E-state index in [-0.39, 0.29) is 16.6 Å². The van der Waals surface area contributed by atoms with Crippen molar-refractivity contribution in [1.82, 2.24) is 0 Å². The Labute approximate surface area is 103 Å². The van der Waals surface area contributed by atoms with E-state index in [0.29, 0.717) is 18.5 Å². The molecule has 0 amide bonds. The van der Waals surface area contributed by atoms with Gasteiger partial charge in [-0.1, -0.05) is 6.92 Å². The van der Waals surface area contributed by atoms with Crippen LogP contribution in [0.3, 0.4) is 0 Å². The first-order valence-corrected chi connectivity index (χ1v) is 6.72. The molecule has 2 N–H and O–H groups in total. The van der Waals surface area contributed by atoms with Crippen molar-refractivity contribution in [2.75, 3.05) is 6.54 Å². The van der Waals surface area contributed by atoms with Crippen LogP contribution in [0.1, 0.15) is 24.5 Å². The molecule has 2 atom stereocenters. The molecule has 0 saturated carbocycles. The minimum Gasteiger partial charge on any atom is -0.330 e. The van der Waals surface area contributed by atoms with Crippen molar-refractivity contribution in [3.63, 3.8) is 0 Å². The average molecular weight is 254 g/mol. The zero-order chi connectivity index (χ0) is 12.8. The van der Waals surface area contributed by atoms with Gasteiger partial charge in [0.2, 0.25) is 0 Å². The number of halogens is 1. The summed E-state index contributed by atoms with van der Waals surface area (Å²) in [4.78, 5) is 0. The summed E-state index contributed by atoms with van der Waals surface area (Å²) >= 11 is 0. The van der Waals surface area contributed by atoms with Crippen molar-refractivity contribution in [2.45, 2.75) is 24.3 Å². The lowest BCUT2D eigenvalue weighted by molar-refractivity contribution is 0.625. The molecule has 92 valence electrons. The second-order valence-electron chi connectivity index (χ2n) is 3.87. The molecule has 2 unspecified atom stereocenters. The van der Waals surface area contributed by atoms with Crippen molar-refractivity contribution in [3.8, 4) is 6.07 Å². The fraction of sp³-hybridized carbons (Fsp3) is 0.417. The first-order chi connectivity index (χ1) is 8.06. The number of hydrogen-bond donors (Lipinski definition) is 1. The van der Waals surface area contributed by atoms with Crippen molar-refractivity contribution in [1.29, 1.82) is 5.26 Å². The SMILES string of the molecule is CC(CCN)S(=O)Cc1cc(F)cc(C#N)c1. The lowest BCUT2D eigenvalue weighted by Crippen LogP contribution is -2.17. The number of benzene rings is 1. The molecule has 3 nitrogen and oxygen atoms in total. The highest BCUT2D eigenvalue weighted by atomic mass is 32.2. The number of nitrogens with zero attached hydrogens (tertiary/aromatic N) is 1. The largest absolute Gasteiger partial charge is 0.330 e. The number of nitrogens with two attached hydrogens (primary N) is 1. The fourth-order valence-electron chi connectivity index (χ4n) is 1.47. The summed E-state index contributed by atoms with van der Waals surface area (Å²) in [5.74, 6) is -0.212. The van der Waals surface area contributed by atoms with E-state index in [1.54, 1.807) is 6.07 Å². The van der Waals surface area contributed by atoms with Gasteiger partial charge in [-0.25, -0.2) is 4.39 Å². The van der Waals surface area contributed by atoms with Crippen molar-refractivity contribution in [3.05, 3.63) is 35.1 Å². The molecule has 17 heavy (non-hydrogen) atoms. The Morgan fingerprint density at radius 3 is 2.82 bits per heavy atom. The number of nitriles is 1. The van der Waals surface area contributed by atoms with Crippen molar-refractivity contribution < 1.29 is 8.60 Å². The second kappa shape index (κ2) is 6.48. The standard InChI is InChI=1S/C12H15FN2OS/c1-9(2-3-14)17(16)8-11-4-10(7-15)5-12(13)6-11/h4-6,9H,2-3,8,14H2,1H3. The minimum absolute atomic E-state index is 0.0196. The van der Waals surface area contributed by atoms with E-state index in [0.717, 1.165) is 6.07 Å². The number of rotatable bonds is 5. The van der Waals surface area contributed by atoms with Crippen molar-refractivity contribution in [2.24, 2.45) is 5.73 Å². The molecule has 0 saturated heterocycles. The predicted octanol–water partition coefficient (Wildman–Crippen LogP) is 1.68. The van der Waals surface area contributed by atoms with Gasteiger partial charge < -0.3 is 5.73 Å². The smallest absolute Gasteiger partial charge is 0.124 e. The highest BCUT2D eigenvalue weighted by Crippen LogP contribution is 2.13. The fourth-order valence-corrected chi connectivity index (χ4v) is 2.65. The Hall–Kier alpha value is -1.25. The Morgan fingerprint density at radius 2 is 2.24 bits per heavy atom. The minimum atomic E-state index is -1.09. The van der Waals surface area contributed by atoms with E-state index in [4.69, 9.17) is 11.0 Å². The summed E-state index contributed by atoms with van der Waals surface area (Å²) in [5, 5.41) is 8.69. The number of hydrogen-bond acceptors (Lipinski definition) is 3. The molecule has 1 aromatic carbocycles. The van der Waals surface area contributed by atoms with Gasteiger partial charge in [0.15, 0.2) is 0 Å². The summed E-state index contributed by atoms with van der Waals surface area (Å²) in [6.45, 7) is 2.34. The van der Waals surface area contributed by atoms with E-state index in [1.807, 2.05) is 13.0 Å². The van der Waals surface area contributed by atoms with Crippen LogP contribution in [0.25, 0.3) is 0 Å².